The van der Waals surface area contributed by atoms with Crippen LogP contribution in [0, 0.1) is 0 Å². The van der Waals surface area contributed by atoms with E-state index in [1.807, 2.05) is 18.2 Å². The largest absolute Gasteiger partial charge is 0.464 e. The molecule has 3 heterocycles. The second-order valence-electron chi connectivity index (χ2n) is 5.21. The van der Waals surface area contributed by atoms with Gasteiger partial charge in [-0.25, -0.2) is 9.97 Å². The molecule has 0 radical (unpaired) electrons. The summed E-state index contributed by atoms with van der Waals surface area (Å²) >= 11 is 0. The van der Waals surface area contributed by atoms with Crippen LogP contribution in [-0.4, -0.2) is 15.0 Å². The molecule has 3 aromatic heterocycles. The minimum absolute atomic E-state index is 0.784. The molecule has 0 saturated carbocycles. The number of nitrogens with one attached hydrogen (secondary N) is 1. The standard InChI is InChI=1S/C18H15N3O/c1-2-12-5-3-6-13(9-12)17-20-15-10-14(11-19-18(15)21-17)16-7-4-8-22-16/h3-11H,2H2,1H3,(H,19,20,21). The molecule has 0 spiro atoms. The summed E-state index contributed by atoms with van der Waals surface area (Å²) in [5, 5.41) is 0. The number of furan rings is 1. The summed E-state index contributed by atoms with van der Waals surface area (Å²) in [5.74, 6) is 1.64. The van der Waals surface area contributed by atoms with Crippen molar-refractivity contribution in [3.05, 3.63) is 60.5 Å². The summed E-state index contributed by atoms with van der Waals surface area (Å²) in [5.41, 5.74) is 4.93. The van der Waals surface area contributed by atoms with Gasteiger partial charge in [-0.1, -0.05) is 25.1 Å². The molecule has 108 valence electrons. The maximum absolute atomic E-state index is 5.41. The van der Waals surface area contributed by atoms with E-state index >= 15 is 0 Å². The van der Waals surface area contributed by atoms with E-state index in [-0.39, 0.29) is 0 Å². The third-order valence-electron chi connectivity index (χ3n) is 3.75. The number of rotatable bonds is 3. The summed E-state index contributed by atoms with van der Waals surface area (Å²) < 4.78 is 5.41. The van der Waals surface area contributed by atoms with Crippen molar-refractivity contribution in [3.63, 3.8) is 0 Å². The molecular formula is C18H15N3O. The number of pyridine rings is 1. The SMILES string of the molecule is CCc1cccc(-c2nc3cc(-c4ccco4)cnc3[nH]2)c1. The number of hydrogen-bond donors (Lipinski definition) is 1. The van der Waals surface area contributed by atoms with Crippen LogP contribution in [-0.2, 0) is 6.42 Å². The Hall–Kier alpha value is -2.88. The van der Waals surface area contributed by atoms with Gasteiger partial charge in [-0.15, -0.1) is 0 Å². The lowest BCUT2D eigenvalue weighted by atomic mass is 10.1. The predicted octanol–water partition coefficient (Wildman–Crippen LogP) is 4.45. The van der Waals surface area contributed by atoms with Crippen LogP contribution in [0.5, 0.6) is 0 Å². The van der Waals surface area contributed by atoms with E-state index in [0.29, 0.717) is 0 Å². The van der Waals surface area contributed by atoms with Crippen molar-refractivity contribution in [1.29, 1.82) is 0 Å². The number of fused-ring (bicyclic) bond motifs is 1. The van der Waals surface area contributed by atoms with Crippen molar-refractivity contribution >= 4 is 11.2 Å². The fourth-order valence-electron chi connectivity index (χ4n) is 2.55. The molecule has 4 nitrogen and oxygen atoms in total. The molecule has 4 heteroatoms. The van der Waals surface area contributed by atoms with Crippen molar-refractivity contribution in [3.8, 4) is 22.7 Å². The summed E-state index contributed by atoms with van der Waals surface area (Å²) in [7, 11) is 0. The smallest absolute Gasteiger partial charge is 0.157 e. The van der Waals surface area contributed by atoms with Crippen LogP contribution in [0.4, 0.5) is 0 Å². The molecule has 0 saturated heterocycles. The highest BCUT2D eigenvalue weighted by Crippen LogP contribution is 2.25. The highest BCUT2D eigenvalue weighted by atomic mass is 16.3. The van der Waals surface area contributed by atoms with Gasteiger partial charge in [0.05, 0.1) is 6.26 Å². The van der Waals surface area contributed by atoms with Crippen LogP contribution < -0.4 is 0 Å². The van der Waals surface area contributed by atoms with E-state index in [2.05, 4.69) is 46.1 Å². The molecule has 0 aliphatic rings. The number of aryl methyl sites for hydroxylation is 1. The normalized spacial score (nSPS) is 11.1. The first-order valence-corrected chi connectivity index (χ1v) is 7.32. The summed E-state index contributed by atoms with van der Waals surface area (Å²) in [4.78, 5) is 12.4. The Morgan fingerprint density at radius 1 is 1.09 bits per heavy atom. The van der Waals surface area contributed by atoms with Gasteiger partial charge in [-0.05, 0) is 36.2 Å². The first-order valence-electron chi connectivity index (χ1n) is 7.32. The molecule has 0 bridgehead atoms. The van der Waals surface area contributed by atoms with Crippen LogP contribution in [0.2, 0.25) is 0 Å². The second-order valence-corrected chi connectivity index (χ2v) is 5.21. The number of aromatic nitrogens is 3. The number of hydrogen-bond acceptors (Lipinski definition) is 3. The zero-order valence-electron chi connectivity index (χ0n) is 12.2. The second kappa shape index (κ2) is 5.15. The van der Waals surface area contributed by atoms with Gasteiger partial charge in [-0.2, -0.15) is 0 Å². The van der Waals surface area contributed by atoms with E-state index in [9.17, 15) is 0 Å². The van der Waals surface area contributed by atoms with E-state index in [1.54, 1.807) is 12.5 Å². The lowest BCUT2D eigenvalue weighted by Crippen LogP contribution is -1.84. The van der Waals surface area contributed by atoms with E-state index in [0.717, 1.165) is 40.3 Å². The monoisotopic (exact) mass is 289 g/mol. The van der Waals surface area contributed by atoms with Gasteiger partial charge in [0, 0.05) is 17.3 Å². The zero-order valence-corrected chi connectivity index (χ0v) is 12.2. The van der Waals surface area contributed by atoms with Crippen molar-refractivity contribution in [2.24, 2.45) is 0 Å². The summed E-state index contributed by atoms with van der Waals surface area (Å²) in [6.07, 6.45) is 4.46. The third kappa shape index (κ3) is 2.19. The average molecular weight is 289 g/mol. The molecule has 0 unspecified atom stereocenters. The molecule has 0 aliphatic heterocycles. The zero-order chi connectivity index (χ0) is 14.9. The molecular weight excluding hydrogens is 274 g/mol. The molecule has 4 aromatic rings. The van der Waals surface area contributed by atoms with Gasteiger partial charge in [0.15, 0.2) is 5.65 Å². The van der Waals surface area contributed by atoms with Gasteiger partial charge in [0.2, 0.25) is 0 Å². The maximum Gasteiger partial charge on any atom is 0.157 e. The van der Waals surface area contributed by atoms with E-state index < -0.39 is 0 Å². The van der Waals surface area contributed by atoms with Crippen LogP contribution >= 0.6 is 0 Å². The minimum Gasteiger partial charge on any atom is -0.464 e. The summed E-state index contributed by atoms with van der Waals surface area (Å²) in [6, 6.07) is 14.2. The van der Waals surface area contributed by atoms with E-state index in [1.165, 1.54) is 5.56 Å². The van der Waals surface area contributed by atoms with Gasteiger partial charge in [0.25, 0.3) is 0 Å². The van der Waals surface area contributed by atoms with Crippen molar-refractivity contribution in [2.75, 3.05) is 0 Å². The van der Waals surface area contributed by atoms with Crippen LogP contribution in [0.15, 0.2) is 59.3 Å². The maximum atomic E-state index is 5.41. The molecule has 0 atom stereocenters. The Bertz CT molecular complexity index is 923. The quantitative estimate of drug-likeness (QED) is 0.606. The predicted molar refractivity (Wildman–Crippen MR) is 86.4 cm³/mol. The lowest BCUT2D eigenvalue weighted by molar-refractivity contribution is 0.582. The Kier molecular flexibility index (Phi) is 3.00. The Morgan fingerprint density at radius 2 is 2.05 bits per heavy atom. The first-order chi connectivity index (χ1) is 10.8. The molecule has 22 heavy (non-hydrogen) atoms. The Labute approximate surface area is 127 Å². The fourth-order valence-corrected chi connectivity index (χ4v) is 2.55. The number of H-pyrrole nitrogens is 1. The average Bonchev–Trinajstić information content (AvgIpc) is 3.23. The highest BCUT2D eigenvalue weighted by molar-refractivity contribution is 5.80. The number of imidazole rings is 1. The van der Waals surface area contributed by atoms with Gasteiger partial charge < -0.3 is 9.40 Å². The van der Waals surface area contributed by atoms with Gasteiger partial charge in [0.1, 0.15) is 17.1 Å². The highest BCUT2D eigenvalue weighted by Gasteiger charge is 2.09. The Morgan fingerprint density at radius 3 is 2.86 bits per heavy atom. The van der Waals surface area contributed by atoms with Crippen molar-refractivity contribution in [2.45, 2.75) is 13.3 Å². The lowest BCUT2D eigenvalue weighted by Gasteiger charge is -1.99. The van der Waals surface area contributed by atoms with Crippen LogP contribution in [0.1, 0.15) is 12.5 Å². The minimum atomic E-state index is 0.784. The molecule has 1 N–H and O–H groups in total. The van der Waals surface area contributed by atoms with Crippen LogP contribution in [0.3, 0.4) is 0 Å². The molecule has 0 aliphatic carbocycles. The van der Waals surface area contributed by atoms with E-state index in [4.69, 9.17) is 4.42 Å². The van der Waals surface area contributed by atoms with Crippen molar-refractivity contribution < 1.29 is 4.42 Å². The molecule has 4 rings (SSSR count). The molecule has 0 amide bonds. The van der Waals surface area contributed by atoms with Crippen LogP contribution in [0.25, 0.3) is 33.9 Å². The summed E-state index contributed by atoms with van der Waals surface area (Å²) in [6.45, 7) is 2.15. The van der Waals surface area contributed by atoms with Gasteiger partial charge in [-0.3, -0.25) is 0 Å². The first kappa shape index (κ1) is 12.8. The molecule has 0 fully saturated rings. The Balaban J connectivity index is 1.80. The number of aromatic amines is 1. The van der Waals surface area contributed by atoms with Gasteiger partial charge >= 0.3 is 0 Å². The number of benzene rings is 1. The fraction of sp³-hybridized carbons (Fsp3) is 0.111. The topological polar surface area (TPSA) is 54.7 Å². The third-order valence-corrected chi connectivity index (χ3v) is 3.75. The molecule has 1 aromatic carbocycles. The van der Waals surface area contributed by atoms with Crippen molar-refractivity contribution in [1.82, 2.24) is 15.0 Å². The number of nitrogens with zero attached hydrogens (tertiary/aromatic N) is 2.